The maximum atomic E-state index is 12.5. The average molecular weight is 313 g/mol. The highest BCUT2D eigenvalue weighted by Crippen LogP contribution is 2.19. The number of hydrogen-bond donors (Lipinski definition) is 1. The molecule has 1 fully saturated rings. The van der Waals surface area contributed by atoms with Gasteiger partial charge in [0, 0.05) is 6.54 Å². The molecule has 2 rings (SSSR count). The molecule has 116 valence electrons. The number of aliphatic carboxylic acids is 1. The number of carboxylic acids is 1. The Morgan fingerprint density at radius 1 is 1.38 bits per heavy atom. The molecule has 1 atom stereocenters. The van der Waals surface area contributed by atoms with Crippen LogP contribution in [0.2, 0.25) is 0 Å². The zero-order chi connectivity index (χ0) is 15.5. The van der Waals surface area contributed by atoms with Crippen LogP contribution in [-0.4, -0.2) is 49.6 Å². The van der Waals surface area contributed by atoms with Crippen LogP contribution in [-0.2, 0) is 26.0 Å². The number of sulfonamides is 1. The number of aryl methyl sites for hydroxylation is 1. The molecule has 1 heterocycles. The highest BCUT2D eigenvalue weighted by Gasteiger charge is 2.33. The van der Waals surface area contributed by atoms with E-state index in [-0.39, 0.29) is 24.6 Å². The van der Waals surface area contributed by atoms with Gasteiger partial charge in [-0.05, 0) is 24.1 Å². The number of rotatable bonds is 5. The molecule has 0 amide bonds. The number of ether oxygens (including phenoxy) is 1. The third-order valence-corrected chi connectivity index (χ3v) is 5.28. The maximum absolute atomic E-state index is 12.5. The number of benzene rings is 1. The zero-order valence-electron chi connectivity index (χ0n) is 11.9. The van der Waals surface area contributed by atoms with E-state index < -0.39 is 22.1 Å². The van der Waals surface area contributed by atoms with Crippen molar-refractivity contribution in [3.8, 4) is 0 Å². The minimum absolute atomic E-state index is 0.0874. The molecule has 1 aromatic rings. The van der Waals surface area contributed by atoms with E-state index in [9.17, 15) is 13.2 Å². The molecule has 1 aliphatic heterocycles. The molecule has 21 heavy (non-hydrogen) atoms. The molecule has 0 saturated carbocycles. The summed E-state index contributed by atoms with van der Waals surface area (Å²) >= 11 is 0. The summed E-state index contributed by atoms with van der Waals surface area (Å²) in [5.74, 6) is -1.15. The predicted molar refractivity (Wildman–Crippen MR) is 76.6 cm³/mol. The monoisotopic (exact) mass is 313 g/mol. The second kappa shape index (κ2) is 6.55. The highest BCUT2D eigenvalue weighted by atomic mass is 32.2. The summed E-state index contributed by atoms with van der Waals surface area (Å²) in [4.78, 5) is 11.1. The number of hydrogen-bond acceptors (Lipinski definition) is 4. The Morgan fingerprint density at radius 3 is 2.62 bits per heavy atom. The summed E-state index contributed by atoms with van der Waals surface area (Å²) in [5.41, 5.74) is 1.09. The fourth-order valence-electron chi connectivity index (χ4n) is 2.26. The summed E-state index contributed by atoms with van der Waals surface area (Å²) < 4.78 is 31.2. The van der Waals surface area contributed by atoms with Crippen molar-refractivity contribution in [2.75, 3.05) is 19.7 Å². The first-order chi connectivity index (χ1) is 9.95. The van der Waals surface area contributed by atoms with Crippen molar-refractivity contribution in [1.82, 2.24) is 4.31 Å². The van der Waals surface area contributed by atoms with Crippen LogP contribution in [0, 0.1) is 0 Å². The molecule has 1 aromatic carbocycles. The van der Waals surface area contributed by atoms with Gasteiger partial charge in [-0.2, -0.15) is 4.31 Å². The Balaban J connectivity index is 2.18. The van der Waals surface area contributed by atoms with Crippen molar-refractivity contribution < 1.29 is 23.1 Å². The lowest BCUT2D eigenvalue weighted by Crippen LogP contribution is -2.48. The lowest BCUT2D eigenvalue weighted by molar-refractivity contribution is -0.153. The Labute approximate surface area is 124 Å². The van der Waals surface area contributed by atoms with Crippen LogP contribution < -0.4 is 0 Å². The van der Waals surface area contributed by atoms with Crippen LogP contribution >= 0.6 is 0 Å². The van der Waals surface area contributed by atoms with E-state index in [2.05, 4.69) is 6.92 Å². The van der Waals surface area contributed by atoms with Crippen LogP contribution in [0.1, 0.15) is 18.9 Å². The fourth-order valence-corrected chi connectivity index (χ4v) is 3.68. The van der Waals surface area contributed by atoms with Gasteiger partial charge >= 0.3 is 5.97 Å². The van der Waals surface area contributed by atoms with Gasteiger partial charge < -0.3 is 9.84 Å². The van der Waals surface area contributed by atoms with Crippen LogP contribution in [0.3, 0.4) is 0 Å². The van der Waals surface area contributed by atoms with E-state index in [0.717, 1.165) is 18.4 Å². The van der Waals surface area contributed by atoms with Gasteiger partial charge in [-0.1, -0.05) is 25.5 Å². The fraction of sp³-hybridized carbons (Fsp3) is 0.500. The summed E-state index contributed by atoms with van der Waals surface area (Å²) in [6.45, 7) is 2.16. The third-order valence-electron chi connectivity index (χ3n) is 3.40. The third kappa shape index (κ3) is 3.61. The molecular formula is C14H19NO5S. The first-order valence-electron chi connectivity index (χ1n) is 6.88. The predicted octanol–water partition coefficient (Wildman–Crippen LogP) is 1.11. The van der Waals surface area contributed by atoms with Crippen molar-refractivity contribution in [3.05, 3.63) is 29.8 Å². The maximum Gasteiger partial charge on any atom is 0.334 e. The number of nitrogens with zero attached hydrogens (tertiary/aromatic N) is 1. The van der Waals surface area contributed by atoms with E-state index in [1.807, 2.05) is 0 Å². The smallest absolute Gasteiger partial charge is 0.334 e. The molecule has 0 bridgehead atoms. The molecule has 1 saturated heterocycles. The van der Waals surface area contributed by atoms with Crippen LogP contribution in [0.25, 0.3) is 0 Å². The van der Waals surface area contributed by atoms with E-state index in [1.165, 1.54) is 4.31 Å². The van der Waals surface area contributed by atoms with Gasteiger partial charge in [0.2, 0.25) is 10.0 Å². The van der Waals surface area contributed by atoms with E-state index in [4.69, 9.17) is 9.84 Å². The number of carbonyl (C=O) groups is 1. The molecule has 0 aliphatic carbocycles. The summed E-state index contributed by atoms with van der Waals surface area (Å²) in [6.07, 6.45) is 0.794. The van der Waals surface area contributed by atoms with Crippen molar-refractivity contribution in [1.29, 1.82) is 0 Å². The molecular weight excluding hydrogens is 294 g/mol. The first-order valence-corrected chi connectivity index (χ1v) is 8.32. The standard InChI is InChI=1S/C14H19NO5S/c1-2-3-11-4-6-12(7-5-11)21(18,19)15-8-9-20-13(10-15)14(16)17/h4-7,13H,2-3,8-10H2,1H3,(H,16,17). The highest BCUT2D eigenvalue weighted by molar-refractivity contribution is 7.89. The second-order valence-corrected chi connectivity index (χ2v) is 6.89. The Kier molecular flexibility index (Phi) is 4.97. The van der Waals surface area contributed by atoms with Crippen molar-refractivity contribution in [2.24, 2.45) is 0 Å². The molecule has 1 unspecified atom stereocenters. The van der Waals surface area contributed by atoms with Gasteiger partial charge in [-0.3, -0.25) is 0 Å². The Morgan fingerprint density at radius 2 is 2.05 bits per heavy atom. The summed E-state index contributed by atoms with van der Waals surface area (Å²) in [6, 6.07) is 6.74. The van der Waals surface area contributed by atoms with Crippen LogP contribution in [0.4, 0.5) is 0 Å². The lowest BCUT2D eigenvalue weighted by Gasteiger charge is -2.30. The van der Waals surface area contributed by atoms with Gasteiger partial charge in [-0.25, -0.2) is 13.2 Å². The van der Waals surface area contributed by atoms with Crippen molar-refractivity contribution in [3.63, 3.8) is 0 Å². The minimum Gasteiger partial charge on any atom is -0.479 e. The largest absolute Gasteiger partial charge is 0.479 e. The molecule has 0 spiro atoms. The molecule has 0 aromatic heterocycles. The van der Waals surface area contributed by atoms with Crippen LogP contribution in [0.5, 0.6) is 0 Å². The van der Waals surface area contributed by atoms with Crippen LogP contribution in [0.15, 0.2) is 29.2 Å². The lowest BCUT2D eigenvalue weighted by atomic mass is 10.1. The molecule has 1 N–H and O–H groups in total. The van der Waals surface area contributed by atoms with E-state index >= 15 is 0 Å². The average Bonchev–Trinajstić information content (AvgIpc) is 2.48. The molecule has 1 aliphatic rings. The van der Waals surface area contributed by atoms with E-state index in [0.29, 0.717) is 0 Å². The summed E-state index contributed by atoms with van der Waals surface area (Å²) in [7, 11) is -3.67. The van der Waals surface area contributed by atoms with Gasteiger partial charge in [0.1, 0.15) is 0 Å². The minimum atomic E-state index is -3.67. The van der Waals surface area contributed by atoms with E-state index in [1.54, 1.807) is 24.3 Å². The van der Waals surface area contributed by atoms with Gasteiger partial charge in [0.25, 0.3) is 0 Å². The van der Waals surface area contributed by atoms with Crippen molar-refractivity contribution >= 4 is 16.0 Å². The second-order valence-electron chi connectivity index (χ2n) is 4.95. The zero-order valence-corrected chi connectivity index (χ0v) is 12.7. The number of morpholine rings is 1. The topological polar surface area (TPSA) is 83.9 Å². The molecule has 0 radical (unpaired) electrons. The quantitative estimate of drug-likeness (QED) is 0.880. The first kappa shape index (κ1) is 15.9. The molecule has 7 heteroatoms. The normalized spacial score (nSPS) is 20.3. The van der Waals surface area contributed by atoms with Gasteiger partial charge in [0.15, 0.2) is 6.10 Å². The number of carboxylic acid groups (broad SMARTS) is 1. The Bertz CT molecular complexity index is 596. The Hall–Kier alpha value is -1.44. The van der Waals surface area contributed by atoms with Gasteiger partial charge in [0.05, 0.1) is 18.0 Å². The SMILES string of the molecule is CCCc1ccc(S(=O)(=O)N2CCOC(C(=O)O)C2)cc1. The van der Waals surface area contributed by atoms with Gasteiger partial charge in [-0.15, -0.1) is 0 Å². The van der Waals surface area contributed by atoms with Crippen molar-refractivity contribution in [2.45, 2.75) is 30.8 Å². The molecule has 6 nitrogen and oxygen atoms in total. The summed E-state index contributed by atoms with van der Waals surface area (Å²) in [5, 5.41) is 8.94.